The average Bonchev–Trinajstić information content (AvgIpc) is 2.61. The highest BCUT2D eigenvalue weighted by molar-refractivity contribution is 5.81. The van der Waals surface area contributed by atoms with Gasteiger partial charge in [0.2, 0.25) is 5.91 Å². The standard InChI is InChI=1S/C18H26N2O/c1-17(2)9-14-10-18(3,11-17)12-20(14)16(21)8-13-6-4-5-7-15(13)19/h4-7,14H,8-12,19H2,1-3H3. The molecule has 3 rings (SSSR count). The van der Waals surface area contributed by atoms with Gasteiger partial charge in [-0.15, -0.1) is 0 Å². The molecule has 1 saturated heterocycles. The molecule has 3 heteroatoms. The van der Waals surface area contributed by atoms with Gasteiger partial charge in [-0.2, -0.15) is 0 Å². The first kappa shape index (κ1) is 14.4. The van der Waals surface area contributed by atoms with Gasteiger partial charge in [0.25, 0.3) is 0 Å². The number of hydrogen-bond donors (Lipinski definition) is 1. The number of nitrogens with zero attached hydrogens (tertiary/aromatic N) is 1. The van der Waals surface area contributed by atoms with E-state index in [4.69, 9.17) is 5.73 Å². The number of nitrogens with two attached hydrogens (primary N) is 1. The topological polar surface area (TPSA) is 46.3 Å². The number of para-hydroxylation sites is 1. The van der Waals surface area contributed by atoms with Crippen LogP contribution in [0.1, 0.15) is 45.6 Å². The van der Waals surface area contributed by atoms with Crippen LogP contribution in [0.3, 0.4) is 0 Å². The predicted octanol–water partition coefficient (Wildman–Crippen LogP) is 3.24. The zero-order chi connectivity index (χ0) is 15.3. The summed E-state index contributed by atoms with van der Waals surface area (Å²) in [5, 5.41) is 0. The van der Waals surface area contributed by atoms with E-state index in [1.165, 1.54) is 6.42 Å². The molecule has 2 fully saturated rings. The molecule has 1 aromatic rings. The Labute approximate surface area is 127 Å². The lowest BCUT2D eigenvalue weighted by Gasteiger charge is -2.39. The van der Waals surface area contributed by atoms with Gasteiger partial charge in [0, 0.05) is 18.3 Å². The molecular formula is C18H26N2O. The number of carbonyl (C=O) groups excluding carboxylic acids is 1. The van der Waals surface area contributed by atoms with Crippen LogP contribution in [0.2, 0.25) is 0 Å². The maximum absolute atomic E-state index is 12.7. The number of fused-ring (bicyclic) bond motifs is 2. The van der Waals surface area contributed by atoms with Gasteiger partial charge in [-0.05, 0) is 41.7 Å². The Balaban J connectivity index is 1.76. The van der Waals surface area contributed by atoms with Crippen molar-refractivity contribution in [3.8, 4) is 0 Å². The second-order valence-corrected chi connectivity index (χ2v) is 8.11. The van der Waals surface area contributed by atoms with Crippen LogP contribution < -0.4 is 5.73 Å². The van der Waals surface area contributed by atoms with E-state index < -0.39 is 0 Å². The Morgan fingerprint density at radius 3 is 2.71 bits per heavy atom. The number of amides is 1. The van der Waals surface area contributed by atoms with Crippen LogP contribution in [-0.4, -0.2) is 23.4 Å². The third-order valence-electron chi connectivity index (χ3n) is 5.13. The van der Waals surface area contributed by atoms with Crippen LogP contribution in [0.25, 0.3) is 0 Å². The van der Waals surface area contributed by atoms with Crippen molar-refractivity contribution < 1.29 is 4.79 Å². The van der Waals surface area contributed by atoms with Crippen molar-refractivity contribution in [1.29, 1.82) is 0 Å². The van der Waals surface area contributed by atoms with Gasteiger partial charge in [0.05, 0.1) is 6.42 Å². The second-order valence-electron chi connectivity index (χ2n) is 8.11. The van der Waals surface area contributed by atoms with Crippen molar-refractivity contribution >= 4 is 11.6 Å². The normalized spacial score (nSPS) is 30.4. The summed E-state index contributed by atoms with van der Waals surface area (Å²) >= 11 is 0. The fourth-order valence-corrected chi connectivity index (χ4v) is 4.71. The molecule has 1 aliphatic carbocycles. The van der Waals surface area contributed by atoms with E-state index in [0.717, 1.165) is 30.6 Å². The molecule has 114 valence electrons. The smallest absolute Gasteiger partial charge is 0.227 e. The minimum Gasteiger partial charge on any atom is -0.398 e. The third-order valence-corrected chi connectivity index (χ3v) is 5.13. The molecule has 0 radical (unpaired) electrons. The highest BCUT2D eigenvalue weighted by Gasteiger charge is 2.50. The zero-order valence-corrected chi connectivity index (χ0v) is 13.4. The Kier molecular flexibility index (Phi) is 3.27. The van der Waals surface area contributed by atoms with E-state index in [2.05, 4.69) is 25.7 Å². The minimum absolute atomic E-state index is 0.235. The highest BCUT2D eigenvalue weighted by Crippen LogP contribution is 2.52. The van der Waals surface area contributed by atoms with Crippen LogP contribution >= 0.6 is 0 Å². The van der Waals surface area contributed by atoms with E-state index >= 15 is 0 Å². The number of benzene rings is 1. The molecule has 1 saturated carbocycles. The Morgan fingerprint density at radius 2 is 2.00 bits per heavy atom. The van der Waals surface area contributed by atoms with Crippen LogP contribution in [0.15, 0.2) is 24.3 Å². The van der Waals surface area contributed by atoms with E-state index in [1.54, 1.807) is 0 Å². The maximum Gasteiger partial charge on any atom is 0.227 e. The highest BCUT2D eigenvalue weighted by atomic mass is 16.2. The molecule has 1 amide bonds. The number of hydrogen-bond acceptors (Lipinski definition) is 2. The van der Waals surface area contributed by atoms with Gasteiger partial charge < -0.3 is 10.6 Å². The quantitative estimate of drug-likeness (QED) is 0.848. The summed E-state index contributed by atoms with van der Waals surface area (Å²) in [7, 11) is 0. The molecule has 3 nitrogen and oxygen atoms in total. The van der Waals surface area contributed by atoms with Gasteiger partial charge in [0.1, 0.15) is 0 Å². The first-order valence-electron chi connectivity index (χ1n) is 7.91. The molecule has 1 heterocycles. The SMILES string of the molecule is CC1(C)CC2CC(C)(CN2C(=O)Cc2ccccc2N)C1. The van der Waals surface area contributed by atoms with E-state index in [1.807, 2.05) is 24.3 Å². The molecule has 1 aliphatic heterocycles. The number of anilines is 1. The lowest BCUT2D eigenvalue weighted by molar-refractivity contribution is -0.131. The summed E-state index contributed by atoms with van der Waals surface area (Å²) in [5.41, 5.74) is 8.29. The monoisotopic (exact) mass is 286 g/mol. The van der Waals surface area contributed by atoms with Crippen molar-refractivity contribution in [2.75, 3.05) is 12.3 Å². The minimum atomic E-state index is 0.235. The zero-order valence-electron chi connectivity index (χ0n) is 13.4. The fourth-order valence-electron chi connectivity index (χ4n) is 4.71. The molecule has 2 bridgehead atoms. The van der Waals surface area contributed by atoms with Gasteiger partial charge in [-0.3, -0.25) is 4.79 Å². The first-order valence-corrected chi connectivity index (χ1v) is 7.91. The third kappa shape index (κ3) is 2.78. The van der Waals surface area contributed by atoms with Gasteiger partial charge in [0.15, 0.2) is 0 Å². The maximum atomic E-state index is 12.7. The predicted molar refractivity (Wildman–Crippen MR) is 85.8 cm³/mol. The number of carbonyl (C=O) groups is 1. The van der Waals surface area contributed by atoms with Crippen molar-refractivity contribution in [1.82, 2.24) is 4.90 Å². The van der Waals surface area contributed by atoms with Crippen molar-refractivity contribution in [2.45, 2.75) is 52.5 Å². The molecule has 2 aliphatic rings. The van der Waals surface area contributed by atoms with E-state index in [-0.39, 0.29) is 5.91 Å². The van der Waals surface area contributed by atoms with Gasteiger partial charge in [-0.25, -0.2) is 0 Å². The van der Waals surface area contributed by atoms with Crippen molar-refractivity contribution in [3.05, 3.63) is 29.8 Å². The molecule has 2 unspecified atom stereocenters. The summed E-state index contributed by atoms with van der Waals surface area (Å²) in [6, 6.07) is 8.11. The van der Waals surface area contributed by atoms with Crippen LogP contribution in [0, 0.1) is 10.8 Å². The van der Waals surface area contributed by atoms with Crippen LogP contribution in [-0.2, 0) is 11.2 Å². The van der Waals surface area contributed by atoms with Gasteiger partial charge in [-0.1, -0.05) is 39.0 Å². The summed E-state index contributed by atoms with van der Waals surface area (Å²) in [6.45, 7) is 7.92. The number of likely N-dealkylation sites (tertiary alicyclic amines) is 1. The Bertz CT molecular complexity index is 566. The average molecular weight is 286 g/mol. The largest absolute Gasteiger partial charge is 0.398 e. The summed E-state index contributed by atoms with van der Waals surface area (Å²) in [6.07, 6.45) is 3.93. The summed E-state index contributed by atoms with van der Waals surface area (Å²) in [5.74, 6) is 0.235. The van der Waals surface area contributed by atoms with Crippen molar-refractivity contribution in [2.24, 2.45) is 10.8 Å². The lowest BCUT2D eigenvalue weighted by atomic mass is 9.65. The molecule has 0 aromatic heterocycles. The number of rotatable bonds is 2. The van der Waals surface area contributed by atoms with E-state index in [0.29, 0.717) is 23.3 Å². The van der Waals surface area contributed by atoms with Gasteiger partial charge >= 0.3 is 0 Å². The van der Waals surface area contributed by atoms with Crippen LogP contribution in [0.4, 0.5) is 5.69 Å². The summed E-state index contributed by atoms with van der Waals surface area (Å²) < 4.78 is 0. The molecule has 0 spiro atoms. The number of nitrogen functional groups attached to an aromatic ring is 1. The van der Waals surface area contributed by atoms with Crippen molar-refractivity contribution in [3.63, 3.8) is 0 Å². The molecule has 21 heavy (non-hydrogen) atoms. The molecule has 2 N–H and O–H groups in total. The van der Waals surface area contributed by atoms with Crippen LogP contribution in [0.5, 0.6) is 0 Å². The lowest BCUT2D eigenvalue weighted by Crippen LogP contribution is -2.38. The first-order chi connectivity index (χ1) is 9.78. The van der Waals surface area contributed by atoms with E-state index in [9.17, 15) is 4.79 Å². The molecule has 1 aromatic carbocycles. The molecule has 2 atom stereocenters. The fraction of sp³-hybridized carbons (Fsp3) is 0.611. The summed E-state index contributed by atoms with van der Waals surface area (Å²) in [4.78, 5) is 14.9. The molecular weight excluding hydrogens is 260 g/mol. The Hall–Kier alpha value is -1.51. The second kappa shape index (κ2) is 4.75. The Morgan fingerprint density at radius 1 is 1.29 bits per heavy atom.